The van der Waals surface area contributed by atoms with Crippen LogP contribution < -0.4 is 0 Å². The molecule has 0 unspecified atom stereocenters. The minimum atomic E-state index is -4.25. The van der Waals surface area contributed by atoms with E-state index in [1.807, 2.05) is 44.2 Å². The Hall–Kier alpha value is -1.39. The fourth-order valence-electron chi connectivity index (χ4n) is 2.99. The van der Waals surface area contributed by atoms with Gasteiger partial charge in [-0.05, 0) is 52.6 Å². The molecule has 4 heteroatoms. The van der Waals surface area contributed by atoms with Crippen molar-refractivity contribution in [2.24, 2.45) is 11.8 Å². The van der Waals surface area contributed by atoms with Gasteiger partial charge < -0.3 is 0 Å². The number of benzene rings is 2. The van der Waals surface area contributed by atoms with Crippen LogP contribution in [0.1, 0.15) is 38.8 Å². The average molecular weight is 320 g/mol. The molecule has 0 radical (unpaired) electrons. The van der Waals surface area contributed by atoms with E-state index in [9.17, 15) is 13.0 Å². The van der Waals surface area contributed by atoms with Gasteiger partial charge in [-0.2, -0.15) is 8.42 Å². The van der Waals surface area contributed by atoms with Gasteiger partial charge in [0, 0.05) is 0 Å². The van der Waals surface area contributed by atoms with E-state index in [4.69, 9.17) is 0 Å². The number of rotatable bonds is 5. The molecule has 2 aromatic carbocycles. The molecule has 3 nitrogen and oxygen atoms in total. The zero-order valence-electron chi connectivity index (χ0n) is 13.6. The van der Waals surface area contributed by atoms with Gasteiger partial charge >= 0.3 is 0 Å². The molecule has 0 amide bonds. The van der Waals surface area contributed by atoms with Crippen LogP contribution in [-0.2, 0) is 23.0 Å². The fraction of sp³-hybridized carbons (Fsp3) is 0.444. The predicted octanol–water partition coefficient (Wildman–Crippen LogP) is 4.48. The molecule has 120 valence electrons. The molecule has 1 N–H and O–H groups in total. The maximum absolute atomic E-state index is 12.0. The summed E-state index contributed by atoms with van der Waals surface area (Å²) in [6, 6.07) is 9.69. The summed E-state index contributed by atoms with van der Waals surface area (Å²) in [6.45, 7) is 8.20. The Morgan fingerprint density at radius 2 is 1.59 bits per heavy atom. The molecule has 0 heterocycles. The maximum atomic E-state index is 12.0. The van der Waals surface area contributed by atoms with Crippen molar-refractivity contribution in [3.63, 3.8) is 0 Å². The smallest absolute Gasteiger partial charge is 0.282 e. The van der Waals surface area contributed by atoms with E-state index in [0.29, 0.717) is 30.2 Å². The zero-order valence-corrected chi connectivity index (χ0v) is 14.4. The van der Waals surface area contributed by atoms with Crippen LogP contribution >= 0.6 is 0 Å². The van der Waals surface area contributed by atoms with Gasteiger partial charge in [0.25, 0.3) is 10.1 Å². The van der Waals surface area contributed by atoms with Crippen molar-refractivity contribution < 1.29 is 13.0 Å². The molecule has 0 fully saturated rings. The van der Waals surface area contributed by atoms with Gasteiger partial charge in [0.1, 0.15) is 4.90 Å². The molecule has 0 saturated carbocycles. The Labute approximate surface area is 133 Å². The molecular formula is C18H24O3S. The fourth-order valence-corrected chi connectivity index (χ4v) is 3.97. The lowest BCUT2D eigenvalue weighted by atomic mass is 9.91. The highest BCUT2D eigenvalue weighted by molar-refractivity contribution is 7.86. The minimum Gasteiger partial charge on any atom is -0.282 e. The SMILES string of the molecule is CC(C)Cc1cc2ccccc2c(CC(C)C)c1S(=O)(=O)O. The molecule has 0 bridgehead atoms. The average Bonchev–Trinajstić information content (AvgIpc) is 2.35. The van der Waals surface area contributed by atoms with Gasteiger partial charge in [0.2, 0.25) is 0 Å². The lowest BCUT2D eigenvalue weighted by molar-refractivity contribution is 0.479. The Bertz CT molecular complexity index is 774. The normalized spacial score (nSPS) is 12.5. The van der Waals surface area contributed by atoms with Crippen molar-refractivity contribution in [3.05, 3.63) is 41.5 Å². The summed E-state index contributed by atoms with van der Waals surface area (Å²) in [4.78, 5) is 0.119. The van der Waals surface area contributed by atoms with Crippen LogP contribution in [0.3, 0.4) is 0 Å². The molecule has 0 saturated heterocycles. The molecule has 0 atom stereocenters. The Morgan fingerprint density at radius 3 is 2.14 bits per heavy atom. The van der Waals surface area contributed by atoms with E-state index in [1.54, 1.807) is 0 Å². The van der Waals surface area contributed by atoms with Gasteiger partial charge in [0.15, 0.2) is 0 Å². The highest BCUT2D eigenvalue weighted by Gasteiger charge is 2.23. The van der Waals surface area contributed by atoms with Crippen LogP contribution in [0.25, 0.3) is 10.8 Å². The molecular weight excluding hydrogens is 296 g/mol. The van der Waals surface area contributed by atoms with Crippen LogP contribution in [0.5, 0.6) is 0 Å². The van der Waals surface area contributed by atoms with Gasteiger partial charge in [-0.25, -0.2) is 0 Å². The summed E-state index contributed by atoms with van der Waals surface area (Å²) < 4.78 is 33.9. The van der Waals surface area contributed by atoms with Crippen LogP contribution in [0.4, 0.5) is 0 Å². The van der Waals surface area contributed by atoms with Gasteiger partial charge in [-0.15, -0.1) is 0 Å². The van der Waals surface area contributed by atoms with E-state index in [2.05, 4.69) is 13.8 Å². The van der Waals surface area contributed by atoms with E-state index < -0.39 is 10.1 Å². The molecule has 2 rings (SSSR count). The quantitative estimate of drug-likeness (QED) is 0.826. The minimum absolute atomic E-state index is 0.119. The summed E-state index contributed by atoms with van der Waals surface area (Å²) in [7, 11) is -4.25. The van der Waals surface area contributed by atoms with E-state index >= 15 is 0 Å². The number of fused-ring (bicyclic) bond motifs is 1. The van der Waals surface area contributed by atoms with Crippen LogP contribution in [-0.4, -0.2) is 13.0 Å². The first-order valence-electron chi connectivity index (χ1n) is 7.71. The topological polar surface area (TPSA) is 54.4 Å². The number of hydrogen-bond acceptors (Lipinski definition) is 2. The van der Waals surface area contributed by atoms with Crippen molar-refractivity contribution in [3.8, 4) is 0 Å². The van der Waals surface area contributed by atoms with Gasteiger partial charge in [-0.1, -0.05) is 52.0 Å². The number of hydrogen-bond donors (Lipinski definition) is 1. The monoisotopic (exact) mass is 320 g/mol. The highest BCUT2D eigenvalue weighted by Crippen LogP contribution is 2.32. The molecule has 0 aliphatic carbocycles. The van der Waals surface area contributed by atoms with Crippen molar-refractivity contribution in [2.75, 3.05) is 0 Å². The van der Waals surface area contributed by atoms with Crippen molar-refractivity contribution in [1.82, 2.24) is 0 Å². The van der Waals surface area contributed by atoms with Crippen molar-refractivity contribution in [1.29, 1.82) is 0 Å². The third-order valence-electron chi connectivity index (χ3n) is 3.68. The third kappa shape index (κ3) is 3.68. The molecule has 2 aromatic rings. The highest BCUT2D eigenvalue weighted by atomic mass is 32.2. The standard InChI is InChI=1S/C18H24O3S/c1-12(2)9-15-11-14-7-5-6-8-16(14)17(10-13(3)4)18(15)22(19,20)21/h5-8,11-13H,9-10H2,1-4H3,(H,19,20,21). The second-order valence-electron chi connectivity index (χ2n) is 6.74. The van der Waals surface area contributed by atoms with Crippen LogP contribution in [0, 0.1) is 11.8 Å². The second kappa shape index (κ2) is 6.39. The molecule has 0 spiro atoms. The van der Waals surface area contributed by atoms with Crippen LogP contribution in [0.15, 0.2) is 35.2 Å². The maximum Gasteiger partial charge on any atom is 0.295 e. The summed E-state index contributed by atoms with van der Waals surface area (Å²) in [5.74, 6) is 0.617. The Kier molecular flexibility index (Phi) is 4.93. The molecule has 22 heavy (non-hydrogen) atoms. The summed E-state index contributed by atoms with van der Waals surface area (Å²) in [5.41, 5.74) is 1.46. The Balaban J connectivity index is 2.87. The second-order valence-corrected chi connectivity index (χ2v) is 8.09. The van der Waals surface area contributed by atoms with E-state index in [0.717, 1.165) is 16.3 Å². The summed E-state index contributed by atoms with van der Waals surface area (Å²) >= 11 is 0. The van der Waals surface area contributed by atoms with Crippen LogP contribution in [0.2, 0.25) is 0 Å². The first-order chi connectivity index (χ1) is 10.2. The summed E-state index contributed by atoms with van der Waals surface area (Å²) in [5, 5.41) is 1.94. The zero-order chi connectivity index (χ0) is 16.5. The first-order valence-corrected chi connectivity index (χ1v) is 9.15. The largest absolute Gasteiger partial charge is 0.295 e. The molecule has 0 aliphatic heterocycles. The van der Waals surface area contributed by atoms with Crippen molar-refractivity contribution in [2.45, 2.75) is 45.4 Å². The molecule has 0 aromatic heterocycles. The van der Waals surface area contributed by atoms with E-state index in [1.165, 1.54) is 0 Å². The lowest BCUT2D eigenvalue weighted by Gasteiger charge is -2.18. The third-order valence-corrected chi connectivity index (χ3v) is 4.70. The Morgan fingerprint density at radius 1 is 1.00 bits per heavy atom. The van der Waals surface area contributed by atoms with Gasteiger partial charge in [-0.3, -0.25) is 4.55 Å². The summed E-state index contributed by atoms with van der Waals surface area (Å²) in [6.07, 6.45) is 1.26. The predicted molar refractivity (Wildman–Crippen MR) is 90.8 cm³/mol. The van der Waals surface area contributed by atoms with E-state index in [-0.39, 0.29) is 4.90 Å². The van der Waals surface area contributed by atoms with Gasteiger partial charge in [0.05, 0.1) is 0 Å². The first kappa shape index (κ1) is 17.0. The molecule has 0 aliphatic rings. The van der Waals surface area contributed by atoms with Crippen molar-refractivity contribution >= 4 is 20.9 Å². The lowest BCUT2D eigenvalue weighted by Crippen LogP contribution is -2.12.